The van der Waals surface area contributed by atoms with Crippen LogP contribution in [0.1, 0.15) is 38.7 Å². The normalized spacial score (nSPS) is 13.3. The van der Waals surface area contributed by atoms with Crippen LogP contribution in [0.5, 0.6) is 5.75 Å². The van der Waals surface area contributed by atoms with Crippen molar-refractivity contribution >= 4 is 5.97 Å². The van der Waals surface area contributed by atoms with E-state index in [4.69, 9.17) is 9.47 Å². The molecule has 116 valence electrons. The highest BCUT2D eigenvalue weighted by Gasteiger charge is 2.10. The van der Waals surface area contributed by atoms with Crippen LogP contribution in [0.15, 0.2) is 36.4 Å². The van der Waals surface area contributed by atoms with E-state index in [0.29, 0.717) is 17.2 Å². The van der Waals surface area contributed by atoms with Gasteiger partial charge in [0.1, 0.15) is 25.1 Å². The number of aliphatic hydroxyl groups is 1. The van der Waals surface area contributed by atoms with Crippen LogP contribution in [0.25, 0.3) is 0 Å². The molecule has 1 aromatic carbocycles. The van der Waals surface area contributed by atoms with Crippen molar-refractivity contribution in [3.8, 4) is 5.75 Å². The Bertz CT molecular complexity index is 464. The summed E-state index contributed by atoms with van der Waals surface area (Å²) in [6, 6.07) is 7.82. The van der Waals surface area contributed by atoms with Crippen molar-refractivity contribution < 1.29 is 19.4 Å². The van der Waals surface area contributed by atoms with E-state index in [-0.39, 0.29) is 13.2 Å². The third-order valence-corrected chi connectivity index (χ3v) is 3.26. The standard InChI is InChI=1S/C17H24O4/c1-5-13(4)14-6-8-16(9-7-14)20-10-15(18)11-21-17(19)12(2)3/h6-9,13,15,18H,2,5,10-11H2,1,3-4H3. The number of hydrogen-bond donors (Lipinski definition) is 1. The van der Waals surface area contributed by atoms with Crippen LogP contribution < -0.4 is 4.74 Å². The smallest absolute Gasteiger partial charge is 0.333 e. The molecule has 0 aliphatic carbocycles. The minimum Gasteiger partial charge on any atom is -0.491 e. The number of aliphatic hydroxyl groups excluding tert-OH is 1. The van der Waals surface area contributed by atoms with E-state index in [1.165, 1.54) is 5.56 Å². The molecule has 0 aliphatic rings. The van der Waals surface area contributed by atoms with Crippen LogP contribution in [-0.4, -0.2) is 30.4 Å². The molecule has 1 rings (SSSR count). The number of carbonyl (C=O) groups is 1. The number of hydrogen-bond acceptors (Lipinski definition) is 4. The number of ether oxygens (including phenoxy) is 2. The Hall–Kier alpha value is -1.81. The maximum atomic E-state index is 11.2. The second-order valence-electron chi connectivity index (χ2n) is 5.22. The van der Waals surface area contributed by atoms with Crippen molar-refractivity contribution in [2.75, 3.05) is 13.2 Å². The van der Waals surface area contributed by atoms with E-state index in [0.717, 1.165) is 6.42 Å². The summed E-state index contributed by atoms with van der Waals surface area (Å²) in [5.74, 6) is 0.700. The number of carbonyl (C=O) groups excluding carboxylic acids is 1. The molecule has 0 amide bonds. The average Bonchev–Trinajstić information content (AvgIpc) is 2.50. The van der Waals surface area contributed by atoms with Crippen LogP contribution in [0, 0.1) is 0 Å². The third kappa shape index (κ3) is 6.00. The fourth-order valence-corrected chi connectivity index (χ4v) is 1.66. The number of esters is 1. The van der Waals surface area contributed by atoms with Crippen molar-refractivity contribution in [3.05, 3.63) is 42.0 Å². The highest BCUT2D eigenvalue weighted by atomic mass is 16.5. The van der Waals surface area contributed by atoms with E-state index in [9.17, 15) is 9.90 Å². The molecule has 0 radical (unpaired) electrons. The second-order valence-corrected chi connectivity index (χ2v) is 5.22. The second kappa shape index (κ2) is 8.47. The Balaban J connectivity index is 2.37. The quantitative estimate of drug-likeness (QED) is 0.591. The van der Waals surface area contributed by atoms with Crippen LogP contribution in [-0.2, 0) is 9.53 Å². The first kappa shape index (κ1) is 17.2. The van der Waals surface area contributed by atoms with Gasteiger partial charge in [0.15, 0.2) is 0 Å². The topological polar surface area (TPSA) is 55.8 Å². The lowest BCUT2D eigenvalue weighted by atomic mass is 9.99. The van der Waals surface area contributed by atoms with Gasteiger partial charge in [-0.2, -0.15) is 0 Å². The zero-order valence-corrected chi connectivity index (χ0v) is 13.0. The lowest BCUT2D eigenvalue weighted by Gasteiger charge is -2.14. The fourth-order valence-electron chi connectivity index (χ4n) is 1.66. The third-order valence-electron chi connectivity index (χ3n) is 3.26. The summed E-state index contributed by atoms with van der Waals surface area (Å²) < 4.78 is 10.3. The summed E-state index contributed by atoms with van der Waals surface area (Å²) in [5.41, 5.74) is 1.57. The van der Waals surface area contributed by atoms with Gasteiger partial charge < -0.3 is 14.6 Å². The van der Waals surface area contributed by atoms with Gasteiger partial charge >= 0.3 is 5.97 Å². The predicted octanol–water partition coefficient (Wildman–Crippen LogP) is 3.06. The van der Waals surface area contributed by atoms with Crippen molar-refractivity contribution in [2.24, 2.45) is 0 Å². The average molecular weight is 292 g/mol. The molecule has 1 aromatic rings. The molecule has 0 spiro atoms. The maximum absolute atomic E-state index is 11.2. The minimum atomic E-state index is -0.859. The van der Waals surface area contributed by atoms with E-state index >= 15 is 0 Å². The van der Waals surface area contributed by atoms with Crippen LogP contribution in [0.2, 0.25) is 0 Å². The highest BCUT2D eigenvalue weighted by Crippen LogP contribution is 2.21. The number of benzene rings is 1. The van der Waals surface area contributed by atoms with Crippen LogP contribution in [0.3, 0.4) is 0 Å². The molecule has 0 bridgehead atoms. The van der Waals surface area contributed by atoms with Crippen LogP contribution in [0.4, 0.5) is 0 Å². The van der Waals surface area contributed by atoms with E-state index in [1.54, 1.807) is 6.92 Å². The molecule has 4 nitrogen and oxygen atoms in total. The summed E-state index contributed by atoms with van der Waals surface area (Å²) in [6.45, 7) is 9.33. The van der Waals surface area contributed by atoms with Crippen molar-refractivity contribution in [1.29, 1.82) is 0 Å². The molecule has 0 saturated carbocycles. The van der Waals surface area contributed by atoms with Gasteiger partial charge in [0.25, 0.3) is 0 Å². The summed E-state index contributed by atoms with van der Waals surface area (Å²) in [4.78, 5) is 11.2. The first-order valence-corrected chi connectivity index (χ1v) is 7.17. The number of rotatable bonds is 8. The van der Waals surface area contributed by atoms with Crippen molar-refractivity contribution in [2.45, 2.75) is 39.2 Å². The first-order chi connectivity index (χ1) is 9.93. The zero-order valence-electron chi connectivity index (χ0n) is 13.0. The summed E-state index contributed by atoms with van der Waals surface area (Å²) in [7, 11) is 0. The molecule has 2 atom stereocenters. The summed E-state index contributed by atoms with van der Waals surface area (Å²) in [5, 5.41) is 9.69. The molecule has 0 aliphatic heterocycles. The van der Waals surface area contributed by atoms with E-state index in [1.807, 2.05) is 24.3 Å². The zero-order chi connectivity index (χ0) is 15.8. The van der Waals surface area contributed by atoms with Gasteiger partial charge in [-0.25, -0.2) is 4.79 Å². The van der Waals surface area contributed by atoms with Crippen LogP contribution >= 0.6 is 0 Å². The minimum absolute atomic E-state index is 0.0755. The van der Waals surface area contributed by atoms with Gasteiger partial charge in [0.05, 0.1) is 0 Å². The molecule has 0 saturated heterocycles. The lowest BCUT2D eigenvalue weighted by molar-refractivity contribution is -0.142. The molecule has 4 heteroatoms. The Morgan fingerprint density at radius 3 is 2.43 bits per heavy atom. The van der Waals surface area contributed by atoms with Crippen molar-refractivity contribution in [1.82, 2.24) is 0 Å². The molecule has 21 heavy (non-hydrogen) atoms. The van der Waals surface area contributed by atoms with E-state index in [2.05, 4.69) is 20.4 Å². The molecular weight excluding hydrogens is 268 g/mol. The largest absolute Gasteiger partial charge is 0.491 e. The SMILES string of the molecule is C=C(C)C(=O)OCC(O)COc1ccc(C(C)CC)cc1. The van der Waals surface area contributed by atoms with Gasteiger partial charge in [-0.15, -0.1) is 0 Å². The highest BCUT2D eigenvalue weighted by molar-refractivity contribution is 5.86. The Kier molecular flexibility index (Phi) is 6.96. The summed E-state index contributed by atoms with van der Waals surface area (Å²) in [6.07, 6.45) is 0.232. The Morgan fingerprint density at radius 1 is 1.29 bits per heavy atom. The van der Waals surface area contributed by atoms with Crippen molar-refractivity contribution in [3.63, 3.8) is 0 Å². The predicted molar refractivity (Wildman–Crippen MR) is 82.4 cm³/mol. The fraction of sp³-hybridized carbons (Fsp3) is 0.471. The molecular formula is C17H24O4. The van der Waals surface area contributed by atoms with Gasteiger partial charge in [-0.1, -0.05) is 32.6 Å². The molecule has 0 fully saturated rings. The summed E-state index contributed by atoms with van der Waals surface area (Å²) >= 11 is 0. The molecule has 2 unspecified atom stereocenters. The molecule has 0 heterocycles. The van der Waals surface area contributed by atoms with Gasteiger partial charge in [-0.05, 0) is 37.0 Å². The molecule has 1 N–H and O–H groups in total. The van der Waals surface area contributed by atoms with Gasteiger partial charge in [-0.3, -0.25) is 0 Å². The lowest BCUT2D eigenvalue weighted by Crippen LogP contribution is -2.25. The Labute approximate surface area is 126 Å². The monoisotopic (exact) mass is 292 g/mol. The first-order valence-electron chi connectivity index (χ1n) is 7.17. The van der Waals surface area contributed by atoms with Gasteiger partial charge in [0.2, 0.25) is 0 Å². The van der Waals surface area contributed by atoms with Gasteiger partial charge in [0, 0.05) is 5.57 Å². The molecule has 0 aromatic heterocycles. The Morgan fingerprint density at radius 2 is 1.90 bits per heavy atom. The van der Waals surface area contributed by atoms with E-state index < -0.39 is 12.1 Å². The maximum Gasteiger partial charge on any atom is 0.333 e.